The van der Waals surface area contributed by atoms with E-state index in [0.717, 1.165) is 16.0 Å². The predicted molar refractivity (Wildman–Crippen MR) is 177 cm³/mol. The minimum atomic E-state index is -0.660. The van der Waals surface area contributed by atoms with Gasteiger partial charge >= 0.3 is 0 Å². The number of hydrogen-bond acceptors (Lipinski definition) is 6. The van der Waals surface area contributed by atoms with Crippen LogP contribution in [-0.2, 0) is 4.79 Å². The molecule has 0 radical (unpaired) electrons. The van der Waals surface area contributed by atoms with Crippen molar-refractivity contribution in [2.45, 2.75) is 4.90 Å². The summed E-state index contributed by atoms with van der Waals surface area (Å²) in [6, 6.07) is 38.7. The van der Waals surface area contributed by atoms with Crippen molar-refractivity contribution in [3.05, 3.63) is 166 Å². The third-order valence-corrected chi connectivity index (χ3v) is 7.77. The Bertz CT molecular complexity index is 1860. The van der Waals surface area contributed by atoms with Crippen LogP contribution in [0.5, 0.6) is 0 Å². The zero-order valence-electron chi connectivity index (χ0n) is 23.9. The molecule has 0 spiro atoms. The Morgan fingerprint density at radius 2 is 1.29 bits per heavy atom. The van der Waals surface area contributed by atoms with Gasteiger partial charge in [-0.05, 0) is 59.7 Å². The molecule has 2 amide bonds. The summed E-state index contributed by atoms with van der Waals surface area (Å²) in [7, 11) is 0. The van der Waals surface area contributed by atoms with Crippen molar-refractivity contribution in [2.75, 3.05) is 11.1 Å². The van der Waals surface area contributed by atoms with Crippen molar-refractivity contribution in [3.63, 3.8) is 0 Å². The van der Waals surface area contributed by atoms with Gasteiger partial charge in [0.1, 0.15) is 5.70 Å². The molecule has 0 aliphatic heterocycles. The maximum Gasteiger partial charge on any atom is 0.276 e. The van der Waals surface area contributed by atoms with Gasteiger partial charge in [-0.3, -0.25) is 24.5 Å². The number of ketones is 1. The van der Waals surface area contributed by atoms with E-state index in [2.05, 4.69) is 10.6 Å². The molecule has 0 unspecified atom stereocenters. The summed E-state index contributed by atoms with van der Waals surface area (Å²) >= 11 is 1.38. The fourth-order valence-electron chi connectivity index (χ4n) is 4.42. The summed E-state index contributed by atoms with van der Waals surface area (Å²) in [6.45, 7) is 0. The van der Waals surface area contributed by atoms with E-state index in [1.165, 1.54) is 36.0 Å². The third kappa shape index (κ3) is 8.19. The molecule has 5 aromatic rings. The van der Waals surface area contributed by atoms with Gasteiger partial charge in [-0.2, -0.15) is 0 Å². The zero-order valence-corrected chi connectivity index (χ0v) is 24.7. The van der Waals surface area contributed by atoms with Gasteiger partial charge in [0.2, 0.25) is 0 Å². The first-order chi connectivity index (χ1) is 21.9. The van der Waals surface area contributed by atoms with Crippen molar-refractivity contribution >= 4 is 46.8 Å². The highest BCUT2D eigenvalue weighted by Crippen LogP contribution is 2.25. The Balaban J connectivity index is 1.25. The zero-order chi connectivity index (χ0) is 31.6. The number of thioether (sulfide) groups is 1. The highest BCUT2D eigenvalue weighted by Gasteiger charge is 2.18. The Morgan fingerprint density at radius 3 is 1.96 bits per heavy atom. The van der Waals surface area contributed by atoms with Crippen LogP contribution in [0.4, 0.5) is 11.4 Å². The lowest BCUT2D eigenvalue weighted by atomic mass is 10.0. The Labute approximate surface area is 264 Å². The second kappa shape index (κ2) is 14.6. The summed E-state index contributed by atoms with van der Waals surface area (Å²) in [4.78, 5) is 50.8. The summed E-state index contributed by atoms with van der Waals surface area (Å²) < 4.78 is 0. The largest absolute Gasteiger partial charge is 0.321 e. The number of carbonyl (C=O) groups is 3. The van der Waals surface area contributed by atoms with E-state index >= 15 is 0 Å². The molecule has 0 bridgehead atoms. The van der Waals surface area contributed by atoms with Gasteiger partial charge in [0.05, 0.1) is 16.2 Å². The summed E-state index contributed by atoms with van der Waals surface area (Å²) in [5, 5.41) is 16.9. The number of nitrogens with zero attached hydrogens (tertiary/aromatic N) is 1. The molecular formula is C36H27N3O5S. The lowest BCUT2D eigenvalue weighted by Gasteiger charge is -2.12. The topological polar surface area (TPSA) is 118 Å². The number of amides is 2. The molecule has 0 atom stereocenters. The molecule has 0 heterocycles. The molecule has 9 heteroatoms. The fourth-order valence-corrected chi connectivity index (χ4v) is 5.21. The number of para-hydroxylation sites is 1. The highest BCUT2D eigenvalue weighted by molar-refractivity contribution is 8.00. The molecule has 0 saturated heterocycles. The van der Waals surface area contributed by atoms with Gasteiger partial charge < -0.3 is 10.6 Å². The summed E-state index contributed by atoms with van der Waals surface area (Å²) in [5.41, 5.74) is 3.29. The molecule has 5 rings (SSSR count). The number of hydrogen-bond donors (Lipinski definition) is 2. The number of anilines is 1. The van der Waals surface area contributed by atoms with Crippen LogP contribution in [0.1, 0.15) is 26.3 Å². The van der Waals surface area contributed by atoms with Gasteiger partial charge in [-0.1, -0.05) is 84.9 Å². The van der Waals surface area contributed by atoms with Crippen LogP contribution in [0.2, 0.25) is 0 Å². The van der Waals surface area contributed by atoms with Crippen molar-refractivity contribution in [3.8, 4) is 11.1 Å². The van der Waals surface area contributed by atoms with Crippen LogP contribution in [0.25, 0.3) is 17.2 Å². The van der Waals surface area contributed by atoms with Gasteiger partial charge in [-0.25, -0.2) is 0 Å². The molecular weight excluding hydrogens is 586 g/mol. The standard InChI is InChI=1S/C36H27N3O5S/c40-34(27-17-15-26(16-18-27)25-9-3-1-4-10-25)24-45-31-21-19-30(20-22-31)37-36(42)32(38-35(41)28-11-5-2-6-12-28)23-29-13-7-8-14-33(29)39(43)44/h1-23H,24H2,(H,37,42)(H,38,41)/b32-23-. The minimum Gasteiger partial charge on any atom is -0.321 e. The number of rotatable bonds is 11. The maximum absolute atomic E-state index is 13.3. The van der Waals surface area contributed by atoms with E-state index in [0.29, 0.717) is 16.8 Å². The van der Waals surface area contributed by atoms with E-state index in [1.807, 2.05) is 54.6 Å². The molecule has 0 aliphatic rings. The first-order valence-corrected chi connectivity index (χ1v) is 14.9. The van der Waals surface area contributed by atoms with E-state index in [4.69, 9.17) is 0 Å². The quantitative estimate of drug-likeness (QED) is 0.0520. The van der Waals surface area contributed by atoms with Crippen LogP contribution < -0.4 is 10.6 Å². The Kier molecular flexibility index (Phi) is 9.94. The van der Waals surface area contributed by atoms with Crippen LogP contribution in [0.3, 0.4) is 0 Å². The molecule has 0 fully saturated rings. The number of nitrogens with one attached hydrogen (secondary N) is 2. The fraction of sp³-hybridized carbons (Fsp3) is 0.0278. The maximum atomic E-state index is 13.3. The molecule has 0 saturated carbocycles. The second-order valence-corrected chi connectivity index (χ2v) is 10.9. The lowest BCUT2D eigenvalue weighted by Crippen LogP contribution is -2.30. The normalized spacial score (nSPS) is 11.0. The number of Topliss-reactive ketones (excluding diaryl/α,β-unsaturated/α-hetero) is 1. The molecule has 45 heavy (non-hydrogen) atoms. The average molecular weight is 614 g/mol. The number of carbonyl (C=O) groups excluding carboxylic acids is 3. The van der Waals surface area contributed by atoms with Gasteiger partial charge in [0, 0.05) is 27.8 Å². The lowest BCUT2D eigenvalue weighted by molar-refractivity contribution is -0.385. The number of benzene rings is 5. The SMILES string of the molecule is O=C(Nc1ccc(SCC(=O)c2ccc(-c3ccccc3)cc2)cc1)/C(=C/c1ccccc1[N+](=O)[O-])NC(=O)c1ccccc1. The van der Waals surface area contributed by atoms with Crippen LogP contribution in [0, 0.1) is 10.1 Å². The number of nitro groups is 1. The van der Waals surface area contributed by atoms with Crippen molar-refractivity contribution in [1.29, 1.82) is 0 Å². The molecule has 8 nitrogen and oxygen atoms in total. The molecule has 5 aromatic carbocycles. The van der Waals surface area contributed by atoms with Crippen molar-refractivity contribution < 1.29 is 19.3 Å². The minimum absolute atomic E-state index is 0.00377. The molecule has 222 valence electrons. The Hall–Kier alpha value is -5.80. The van der Waals surface area contributed by atoms with Gasteiger partial charge in [0.25, 0.3) is 17.5 Å². The van der Waals surface area contributed by atoms with Gasteiger partial charge in [0.15, 0.2) is 5.78 Å². The molecule has 2 N–H and O–H groups in total. The second-order valence-electron chi connectivity index (χ2n) is 9.83. The Morgan fingerprint density at radius 1 is 0.689 bits per heavy atom. The third-order valence-electron chi connectivity index (χ3n) is 6.76. The van der Waals surface area contributed by atoms with Crippen LogP contribution >= 0.6 is 11.8 Å². The summed E-state index contributed by atoms with van der Waals surface area (Å²) in [5.74, 6) is -0.963. The van der Waals surface area contributed by atoms with E-state index in [-0.39, 0.29) is 28.5 Å². The van der Waals surface area contributed by atoms with E-state index < -0.39 is 16.7 Å². The van der Waals surface area contributed by atoms with Gasteiger partial charge in [-0.15, -0.1) is 11.8 Å². The average Bonchev–Trinajstić information content (AvgIpc) is 3.08. The monoisotopic (exact) mass is 613 g/mol. The first kappa shape index (κ1) is 30.7. The summed E-state index contributed by atoms with van der Waals surface area (Å²) in [6.07, 6.45) is 1.27. The van der Waals surface area contributed by atoms with E-state index in [9.17, 15) is 24.5 Å². The van der Waals surface area contributed by atoms with Crippen molar-refractivity contribution in [2.24, 2.45) is 0 Å². The predicted octanol–water partition coefficient (Wildman–Crippen LogP) is 7.65. The van der Waals surface area contributed by atoms with Crippen LogP contribution in [-0.4, -0.2) is 28.3 Å². The first-order valence-electron chi connectivity index (χ1n) is 13.9. The smallest absolute Gasteiger partial charge is 0.276 e. The molecule has 0 aromatic heterocycles. The number of nitro benzene ring substituents is 1. The van der Waals surface area contributed by atoms with Crippen molar-refractivity contribution in [1.82, 2.24) is 5.32 Å². The molecule has 0 aliphatic carbocycles. The van der Waals surface area contributed by atoms with E-state index in [1.54, 1.807) is 60.7 Å². The highest BCUT2D eigenvalue weighted by atomic mass is 32.2. The van der Waals surface area contributed by atoms with Crippen LogP contribution in [0.15, 0.2) is 144 Å².